The minimum absolute atomic E-state index is 0.326. The lowest BCUT2D eigenvalue weighted by molar-refractivity contribution is 0.199. The van der Waals surface area contributed by atoms with Crippen LogP contribution >= 0.6 is 0 Å². The van der Waals surface area contributed by atoms with Crippen LogP contribution in [0, 0.1) is 0 Å². The number of piperidine rings is 1. The Balaban J connectivity index is 1.91. The zero-order valence-electron chi connectivity index (χ0n) is 9.57. The Hall–Kier alpha value is -0.900. The van der Waals surface area contributed by atoms with Crippen LogP contribution in [0.2, 0.25) is 0 Å². The summed E-state index contributed by atoms with van der Waals surface area (Å²) in [6.45, 7) is 7.29. The topological polar surface area (TPSA) is 42.2 Å². The average molecular weight is 209 g/mol. The van der Waals surface area contributed by atoms with Gasteiger partial charge >= 0.3 is 0 Å². The largest absolute Gasteiger partial charge is 0.424 e. The summed E-state index contributed by atoms with van der Waals surface area (Å²) >= 11 is 0. The van der Waals surface area contributed by atoms with E-state index in [1.54, 1.807) is 0 Å². The van der Waals surface area contributed by atoms with Gasteiger partial charge in [0.1, 0.15) is 0 Å². The van der Waals surface area contributed by atoms with Crippen molar-refractivity contribution in [3.63, 3.8) is 0 Å². The minimum atomic E-state index is 0.326. The van der Waals surface area contributed by atoms with Gasteiger partial charge in [0.2, 0.25) is 11.8 Å². The molecule has 0 atom stereocenters. The van der Waals surface area contributed by atoms with E-state index in [1.165, 1.54) is 32.4 Å². The first-order chi connectivity index (χ1) is 7.25. The molecule has 4 nitrogen and oxygen atoms in total. The summed E-state index contributed by atoms with van der Waals surface area (Å²) in [5.74, 6) is 1.84. The SMILES string of the molecule is CC(C)c1nnc(CN2CCCCC2)o1. The number of likely N-dealkylation sites (tertiary alicyclic amines) is 1. The van der Waals surface area contributed by atoms with Crippen LogP contribution in [0.5, 0.6) is 0 Å². The number of aromatic nitrogens is 2. The maximum Gasteiger partial charge on any atom is 0.230 e. The summed E-state index contributed by atoms with van der Waals surface area (Å²) < 4.78 is 5.58. The monoisotopic (exact) mass is 209 g/mol. The maximum absolute atomic E-state index is 5.58. The summed E-state index contributed by atoms with van der Waals surface area (Å²) in [7, 11) is 0. The molecule has 1 fully saturated rings. The molecule has 0 amide bonds. The molecule has 1 aliphatic rings. The second kappa shape index (κ2) is 4.75. The van der Waals surface area contributed by atoms with E-state index in [1.807, 2.05) is 0 Å². The van der Waals surface area contributed by atoms with Crippen molar-refractivity contribution in [2.24, 2.45) is 0 Å². The fraction of sp³-hybridized carbons (Fsp3) is 0.818. The quantitative estimate of drug-likeness (QED) is 0.765. The summed E-state index contributed by atoms with van der Waals surface area (Å²) in [6, 6.07) is 0. The second-order valence-corrected chi connectivity index (χ2v) is 4.53. The molecule has 0 N–H and O–H groups in total. The third-order valence-corrected chi connectivity index (χ3v) is 2.78. The minimum Gasteiger partial charge on any atom is -0.424 e. The van der Waals surface area contributed by atoms with Gasteiger partial charge in [0.25, 0.3) is 0 Å². The van der Waals surface area contributed by atoms with E-state index in [0.29, 0.717) is 5.92 Å². The van der Waals surface area contributed by atoms with Crippen molar-refractivity contribution in [2.75, 3.05) is 13.1 Å². The Bertz CT molecular complexity index is 303. The number of rotatable bonds is 3. The molecule has 0 unspecified atom stereocenters. The van der Waals surface area contributed by atoms with E-state index in [9.17, 15) is 0 Å². The lowest BCUT2D eigenvalue weighted by Gasteiger charge is -2.24. The van der Waals surface area contributed by atoms with Crippen LogP contribution in [0.25, 0.3) is 0 Å². The van der Waals surface area contributed by atoms with Gasteiger partial charge in [-0.3, -0.25) is 4.90 Å². The van der Waals surface area contributed by atoms with Crippen LogP contribution in [-0.2, 0) is 6.54 Å². The van der Waals surface area contributed by atoms with Gasteiger partial charge in [-0.1, -0.05) is 20.3 Å². The van der Waals surface area contributed by atoms with Crippen molar-refractivity contribution in [1.29, 1.82) is 0 Å². The summed E-state index contributed by atoms with van der Waals surface area (Å²) in [4.78, 5) is 2.39. The first-order valence-electron chi connectivity index (χ1n) is 5.80. The predicted molar refractivity (Wildman–Crippen MR) is 57.5 cm³/mol. The summed E-state index contributed by atoms with van der Waals surface area (Å²) in [6.07, 6.45) is 3.95. The first kappa shape index (κ1) is 10.6. The Morgan fingerprint density at radius 1 is 1.20 bits per heavy atom. The highest BCUT2D eigenvalue weighted by molar-refractivity contribution is 4.87. The third-order valence-electron chi connectivity index (χ3n) is 2.78. The molecule has 1 aromatic heterocycles. The van der Waals surface area contributed by atoms with Gasteiger partial charge in [0.05, 0.1) is 6.54 Å². The van der Waals surface area contributed by atoms with Crippen molar-refractivity contribution >= 4 is 0 Å². The smallest absolute Gasteiger partial charge is 0.230 e. The Morgan fingerprint density at radius 3 is 2.53 bits per heavy atom. The molecule has 1 saturated heterocycles. The molecule has 15 heavy (non-hydrogen) atoms. The second-order valence-electron chi connectivity index (χ2n) is 4.53. The molecule has 0 saturated carbocycles. The van der Waals surface area contributed by atoms with Crippen molar-refractivity contribution in [1.82, 2.24) is 15.1 Å². The van der Waals surface area contributed by atoms with E-state index in [4.69, 9.17) is 4.42 Å². The van der Waals surface area contributed by atoms with E-state index in [2.05, 4.69) is 28.9 Å². The number of hydrogen-bond acceptors (Lipinski definition) is 4. The van der Waals surface area contributed by atoms with Crippen LogP contribution < -0.4 is 0 Å². The molecule has 2 rings (SSSR count). The van der Waals surface area contributed by atoms with Gasteiger partial charge in [0, 0.05) is 5.92 Å². The maximum atomic E-state index is 5.58. The van der Waals surface area contributed by atoms with E-state index in [0.717, 1.165) is 18.3 Å². The Labute approximate surface area is 90.7 Å². The van der Waals surface area contributed by atoms with Crippen LogP contribution in [0.1, 0.15) is 50.8 Å². The van der Waals surface area contributed by atoms with E-state index in [-0.39, 0.29) is 0 Å². The molecule has 0 aliphatic carbocycles. The molecule has 2 heterocycles. The highest BCUT2D eigenvalue weighted by Gasteiger charge is 2.15. The van der Waals surface area contributed by atoms with Crippen molar-refractivity contribution in [2.45, 2.75) is 45.6 Å². The molecule has 0 bridgehead atoms. The zero-order valence-corrected chi connectivity index (χ0v) is 9.57. The zero-order chi connectivity index (χ0) is 10.7. The van der Waals surface area contributed by atoms with Crippen LogP contribution in [0.3, 0.4) is 0 Å². The predicted octanol–water partition coefficient (Wildman–Crippen LogP) is 2.18. The van der Waals surface area contributed by atoms with Crippen molar-refractivity contribution < 1.29 is 4.42 Å². The molecular formula is C11H19N3O. The van der Waals surface area contributed by atoms with Gasteiger partial charge < -0.3 is 4.42 Å². The molecule has 0 radical (unpaired) electrons. The van der Waals surface area contributed by atoms with Crippen LogP contribution in [0.15, 0.2) is 4.42 Å². The van der Waals surface area contributed by atoms with Crippen molar-refractivity contribution in [3.05, 3.63) is 11.8 Å². The summed E-state index contributed by atoms with van der Waals surface area (Å²) in [5, 5.41) is 8.11. The van der Waals surface area contributed by atoms with E-state index >= 15 is 0 Å². The Kier molecular flexibility index (Phi) is 3.36. The molecule has 84 valence electrons. The third kappa shape index (κ3) is 2.78. The van der Waals surface area contributed by atoms with E-state index < -0.39 is 0 Å². The molecule has 0 aromatic carbocycles. The lowest BCUT2D eigenvalue weighted by atomic mass is 10.1. The molecule has 1 aromatic rings. The highest BCUT2D eigenvalue weighted by atomic mass is 16.4. The molecule has 4 heteroatoms. The summed E-state index contributed by atoms with van der Waals surface area (Å²) in [5.41, 5.74) is 0. The highest BCUT2D eigenvalue weighted by Crippen LogP contribution is 2.15. The van der Waals surface area contributed by atoms with Gasteiger partial charge in [-0.25, -0.2) is 0 Å². The van der Waals surface area contributed by atoms with Gasteiger partial charge in [0.15, 0.2) is 0 Å². The average Bonchev–Trinajstić information content (AvgIpc) is 2.68. The van der Waals surface area contributed by atoms with Crippen molar-refractivity contribution in [3.8, 4) is 0 Å². The number of hydrogen-bond donors (Lipinski definition) is 0. The van der Waals surface area contributed by atoms with Crippen LogP contribution in [0.4, 0.5) is 0 Å². The van der Waals surface area contributed by atoms with Gasteiger partial charge in [-0.2, -0.15) is 0 Å². The Morgan fingerprint density at radius 2 is 1.93 bits per heavy atom. The number of nitrogens with zero attached hydrogens (tertiary/aromatic N) is 3. The first-order valence-corrected chi connectivity index (χ1v) is 5.80. The molecule has 1 aliphatic heterocycles. The van der Waals surface area contributed by atoms with Gasteiger partial charge in [-0.15, -0.1) is 10.2 Å². The normalized spacial score (nSPS) is 18.6. The van der Waals surface area contributed by atoms with Crippen LogP contribution in [-0.4, -0.2) is 28.2 Å². The fourth-order valence-corrected chi connectivity index (χ4v) is 1.87. The fourth-order valence-electron chi connectivity index (χ4n) is 1.87. The standard InChI is InChI=1S/C11H19N3O/c1-9(2)11-13-12-10(15-11)8-14-6-4-3-5-7-14/h9H,3-8H2,1-2H3. The lowest BCUT2D eigenvalue weighted by Crippen LogP contribution is -2.29. The van der Waals surface area contributed by atoms with Gasteiger partial charge in [-0.05, 0) is 25.9 Å². The molecule has 0 spiro atoms. The molecular weight excluding hydrogens is 190 g/mol.